The molecule has 0 unspecified atom stereocenters. The van der Waals surface area contributed by atoms with Crippen LogP contribution >= 0.6 is 0 Å². The summed E-state index contributed by atoms with van der Waals surface area (Å²) in [6, 6.07) is 9.24. The van der Waals surface area contributed by atoms with Crippen molar-refractivity contribution >= 4 is 16.9 Å². The van der Waals surface area contributed by atoms with Crippen LogP contribution in [0.25, 0.3) is 27.8 Å². The fraction of sp³-hybridized carbons (Fsp3) is 0.227. The number of benzene rings is 2. The van der Waals surface area contributed by atoms with Crippen LogP contribution in [0.15, 0.2) is 49.1 Å². The molecule has 0 aliphatic rings. The monoisotopic (exact) mass is 405 g/mol. The standard InChI is InChI=1S/C22H23N5O3/c1-4-23-22(29)21-19(28)9-16(10-20(21)30-3)27-13-24-17-8-14(6-7-18(17)27)15-11-25-26(5-2)12-15/h6-13,28H,4-5H2,1-3H3,(H,23,29). The summed E-state index contributed by atoms with van der Waals surface area (Å²) in [6.45, 7) is 5.13. The van der Waals surface area contributed by atoms with E-state index in [9.17, 15) is 9.90 Å². The molecule has 0 saturated heterocycles. The topological polar surface area (TPSA) is 94.2 Å². The van der Waals surface area contributed by atoms with E-state index in [1.54, 1.807) is 12.4 Å². The number of aryl methyl sites for hydroxylation is 1. The number of carbonyl (C=O) groups is 1. The number of hydrogen-bond acceptors (Lipinski definition) is 5. The van der Waals surface area contributed by atoms with Gasteiger partial charge in [0, 0.05) is 37.0 Å². The van der Waals surface area contributed by atoms with E-state index in [1.807, 2.05) is 53.7 Å². The number of phenolic OH excluding ortho intramolecular Hbond substituents is 1. The van der Waals surface area contributed by atoms with E-state index in [0.29, 0.717) is 18.0 Å². The van der Waals surface area contributed by atoms with Crippen molar-refractivity contribution < 1.29 is 14.6 Å². The Labute approximate surface area is 173 Å². The number of aromatic hydroxyl groups is 1. The zero-order valence-corrected chi connectivity index (χ0v) is 17.1. The molecule has 0 aliphatic carbocycles. The number of hydrogen-bond donors (Lipinski definition) is 2. The summed E-state index contributed by atoms with van der Waals surface area (Å²) < 4.78 is 9.09. The summed E-state index contributed by atoms with van der Waals surface area (Å²) in [5, 5.41) is 17.5. The van der Waals surface area contributed by atoms with Crippen LogP contribution in [0.1, 0.15) is 24.2 Å². The lowest BCUT2D eigenvalue weighted by Crippen LogP contribution is -2.23. The first-order chi connectivity index (χ1) is 14.5. The van der Waals surface area contributed by atoms with Gasteiger partial charge in [0.25, 0.3) is 5.91 Å². The lowest BCUT2D eigenvalue weighted by Gasteiger charge is -2.13. The highest BCUT2D eigenvalue weighted by molar-refractivity contribution is 6.00. The number of aromatic nitrogens is 4. The van der Waals surface area contributed by atoms with Gasteiger partial charge in [-0.05, 0) is 31.5 Å². The first kappa shape index (κ1) is 19.5. The van der Waals surface area contributed by atoms with Gasteiger partial charge in [0.2, 0.25) is 0 Å². The summed E-state index contributed by atoms with van der Waals surface area (Å²) in [6.07, 6.45) is 5.52. The van der Waals surface area contributed by atoms with Crippen LogP contribution in [0, 0.1) is 0 Å². The van der Waals surface area contributed by atoms with Crippen LogP contribution in [0.3, 0.4) is 0 Å². The summed E-state index contributed by atoms with van der Waals surface area (Å²) in [7, 11) is 1.47. The third kappa shape index (κ3) is 3.36. The normalized spacial score (nSPS) is 11.0. The van der Waals surface area contributed by atoms with Crippen LogP contribution in [-0.2, 0) is 6.54 Å². The number of ether oxygens (including phenoxy) is 1. The molecule has 8 heteroatoms. The third-order valence-electron chi connectivity index (χ3n) is 4.97. The number of rotatable bonds is 6. The molecular weight excluding hydrogens is 382 g/mol. The van der Waals surface area contributed by atoms with Crippen LogP contribution in [-0.4, -0.2) is 44.0 Å². The molecular formula is C22H23N5O3. The quantitative estimate of drug-likeness (QED) is 0.513. The molecule has 2 N–H and O–H groups in total. The molecule has 0 bridgehead atoms. The molecule has 30 heavy (non-hydrogen) atoms. The van der Waals surface area contributed by atoms with Gasteiger partial charge in [0.1, 0.15) is 23.4 Å². The predicted octanol–water partition coefficient (Wildman–Crippen LogP) is 3.37. The second-order valence-electron chi connectivity index (χ2n) is 6.80. The van der Waals surface area contributed by atoms with Crippen molar-refractivity contribution in [3.63, 3.8) is 0 Å². The van der Waals surface area contributed by atoms with Crippen molar-refractivity contribution in [3.05, 3.63) is 54.6 Å². The lowest BCUT2D eigenvalue weighted by molar-refractivity contribution is 0.0950. The first-order valence-corrected chi connectivity index (χ1v) is 9.75. The minimum absolute atomic E-state index is 0.114. The number of fused-ring (bicyclic) bond motifs is 1. The summed E-state index contributed by atoms with van der Waals surface area (Å²) in [4.78, 5) is 16.8. The summed E-state index contributed by atoms with van der Waals surface area (Å²) >= 11 is 0. The van der Waals surface area contributed by atoms with Gasteiger partial charge in [-0.1, -0.05) is 6.07 Å². The fourth-order valence-electron chi connectivity index (χ4n) is 3.45. The van der Waals surface area contributed by atoms with Crippen molar-refractivity contribution in [2.45, 2.75) is 20.4 Å². The first-order valence-electron chi connectivity index (χ1n) is 9.75. The average molecular weight is 405 g/mol. The van der Waals surface area contributed by atoms with E-state index in [1.165, 1.54) is 13.2 Å². The van der Waals surface area contributed by atoms with Gasteiger partial charge in [-0.25, -0.2) is 4.98 Å². The Bertz CT molecular complexity index is 1220. The van der Waals surface area contributed by atoms with E-state index in [4.69, 9.17) is 4.74 Å². The van der Waals surface area contributed by atoms with Gasteiger partial charge in [0.15, 0.2) is 0 Å². The smallest absolute Gasteiger partial charge is 0.258 e. The predicted molar refractivity (Wildman–Crippen MR) is 114 cm³/mol. The number of amides is 1. The van der Waals surface area contributed by atoms with Gasteiger partial charge in [-0.2, -0.15) is 5.10 Å². The molecule has 0 saturated carbocycles. The van der Waals surface area contributed by atoms with E-state index in [-0.39, 0.29) is 17.2 Å². The largest absolute Gasteiger partial charge is 0.507 e. The van der Waals surface area contributed by atoms with E-state index in [0.717, 1.165) is 28.7 Å². The van der Waals surface area contributed by atoms with Crippen LogP contribution < -0.4 is 10.1 Å². The lowest BCUT2D eigenvalue weighted by atomic mass is 10.1. The Morgan fingerprint density at radius 1 is 1.20 bits per heavy atom. The van der Waals surface area contributed by atoms with Gasteiger partial charge in [-0.15, -0.1) is 0 Å². The molecule has 0 radical (unpaired) electrons. The molecule has 154 valence electrons. The Hall–Kier alpha value is -3.81. The van der Waals surface area contributed by atoms with Crippen molar-refractivity contribution in [2.24, 2.45) is 0 Å². The van der Waals surface area contributed by atoms with E-state index < -0.39 is 0 Å². The SMILES string of the molecule is CCNC(=O)c1c(O)cc(-n2cnc3cc(-c4cnn(CC)c4)ccc32)cc1OC. The highest BCUT2D eigenvalue weighted by Gasteiger charge is 2.19. The fourth-order valence-corrected chi connectivity index (χ4v) is 3.45. The second kappa shape index (κ2) is 7.90. The number of phenols is 1. The molecule has 0 fully saturated rings. The zero-order chi connectivity index (χ0) is 21.3. The van der Waals surface area contributed by atoms with E-state index in [2.05, 4.69) is 15.4 Å². The Morgan fingerprint density at radius 3 is 2.73 bits per heavy atom. The van der Waals surface area contributed by atoms with Crippen LogP contribution in [0.5, 0.6) is 11.5 Å². The average Bonchev–Trinajstić information content (AvgIpc) is 3.39. The minimum Gasteiger partial charge on any atom is -0.507 e. The number of methoxy groups -OCH3 is 1. The second-order valence-corrected chi connectivity index (χ2v) is 6.80. The van der Waals surface area contributed by atoms with Crippen molar-refractivity contribution in [1.29, 1.82) is 0 Å². The van der Waals surface area contributed by atoms with Crippen LogP contribution in [0.4, 0.5) is 0 Å². The zero-order valence-electron chi connectivity index (χ0n) is 17.1. The van der Waals surface area contributed by atoms with Crippen LogP contribution in [0.2, 0.25) is 0 Å². The molecule has 2 aromatic carbocycles. The maximum absolute atomic E-state index is 12.3. The highest BCUT2D eigenvalue weighted by atomic mass is 16.5. The third-order valence-corrected chi connectivity index (χ3v) is 4.97. The maximum Gasteiger partial charge on any atom is 0.258 e. The van der Waals surface area contributed by atoms with Crippen molar-refractivity contribution in [1.82, 2.24) is 24.6 Å². The molecule has 0 aliphatic heterocycles. The van der Waals surface area contributed by atoms with Crippen molar-refractivity contribution in [2.75, 3.05) is 13.7 Å². The van der Waals surface area contributed by atoms with E-state index >= 15 is 0 Å². The molecule has 0 atom stereocenters. The summed E-state index contributed by atoms with van der Waals surface area (Å²) in [5.41, 5.74) is 4.49. The molecule has 0 spiro atoms. The molecule has 1 amide bonds. The number of carbonyl (C=O) groups excluding carboxylic acids is 1. The Balaban J connectivity index is 1.76. The summed E-state index contributed by atoms with van der Waals surface area (Å²) in [5.74, 6) is -0.242. The maximum atomic E-state index is 12.3. The highest BCUT2D eigenvalue weighted by Crippen LogP contribution is 2.33. The molecule has 2 aromatic heterocycles. The minimum atomic E-state index is -0.383. The number of nitrogens with zero attached hydrogens (tertiary/aromatic N) is 4. The number of imidazole rings is 1. The number of nitrogens with one attached hydrogen (secondary N) is 1. The molecule has 4 aromatic rings. The molecule has 4 rings (SSSR count). The van der Waals surface area contributed by atoms with Gasteiger partial charge in [0.05, 0.1) is 30.0 Å². The molecule has 2 heterocycles. The van der Waals surface area contributed by atoms with Gasteiger partial charge < -0.3 is 15.2 Å². The van der Waals surface area contributed by atoms with Gasteiger partial charge >= 0.3 is 0 Å². The molecule has 8 nitrogen and oxygen atoms in total. The van der Waals surface area contributed by atoms with Crippen molar-refractivity contribution in [3.8, 4) is 28.3 Å². The Kier molecular flexibility index (Phi) is 5.14. The Morgan fingerprint density at radius 2 is 2.03 bits per heavy atom. The van der Waals surface area contributed by atoms with Gasteiger partial charge in [-0.3, -0.25) is 14.0 Å².